The highest BCUT2D eigenvalue weighted by Crippen LogP contribution is 2.32. The second-order valence-electron chi connectivity index (χ2n) is 5.86. The van der Waals surface area contributed by atoms with E-state index < -0.39 is 10.0 Å². The molecule has 0 bridgehead atoms. The molecule has 0 radical (unpaired) electrons. The van der Waals surface area contributed by atoms with Gasteiger partial charge in [0.25, 0.3) is 10.0 Å². The van der Waals surface area contributed by atoms with Gasteiger partial charge in [-0.2, -0.15) is 0 Å². The minimum Gasteiger partial charge on any atom is -0.454 e. The van der Waals surface area contributed by atoms with Crippen LogP contribution in [0, 0.1) is 13.8 Å². The summed E-state index contributed by atoms with van der Waals surface area (Å²) in [5.41, 5.74) is 2.47. The molecule has 3 aromatic rings. The molecule has 0 saturated carbocycles. The van der Waals surface area contributed by atoms with E-state index in [1.54, 1.807) is 24.5 Å². The third-order valence-electron chi connectivity index (χ3n) is 3.60. The van der Waals surface area contributed by atoms with Crippen molar-refractivity contribution in [2.45, 2.75) is 18.7 Å². The molecule has 0 fully saturated rings. The SMILES string of the molecule is Cc1ccc(NS(=O)(=O)c2ccc(Oc3cncc(C)c3)c(Cl)c2)cc1. The molecule has 0 aliphatic rings. The number of rotatable bonds is 5. The molecule has 7 heteroatoms. The Labute approximate surface area is 157 Å². The van der Waals surface area contributed by atoms with Gasteiger partial charge in [-0.25, -0.2) is 8.42 Å². The summed E-state index contributed by atoms with van der Waals surface area (Å²) in [6.45, 7) is 3.83. The van der Waals surface area contributed by atoms with Crippen molar-refractivity contribution in [1.82, 2.24) is 4.98 Å². The highest BCUT2D eigenvalue weighted by Gasteiger charge is 2.16. The van der Waals surface area contributed by atoms with Gasteiger partial charge in [-0.05, 0) is 55.8 Å². The van der Waals surface area contributed by atoms with Crippen molar-refractivity contribution < 1.29 is 13.2 Å². The molecule has 0 spiro atoms. The number of sulfonamides is 1. The van der Waals surface area contributed by atoms with E-state index in [-0.39, 0.29) is 9.92 Å². The third kappa shape index (κ3) is 4.33. The molecule has 1 N–H and O–H groups in total. The smallest absolute Gasteiger partial charge is 0.261 e. The minimum absolute atomic E-state index is 0.0535. The van der Waals surface area contributed by atoms with Crippen molar-refractivity contribution in [3.05, 3.63) is 77.1 Å². The van der Waals surface area contributed by atoms with Crippen molar-refractivity contribution in [2.75, 3.05) is 4.72 Å². The maximum Gasteiger partial charge on any atom is 0.261 e. The maximum absolute atomic E-state index is 12.5. The van der Waals surface area contributed by atoms with Crippen LogP contribution in [0.3, 0.4) is 0 Å². The van der Waals surface area contributed by atoms with Crippen LogP contribution in [-0.2, 0) is 10.0 Å². The molecule has 1 aromatic heterocycles. The Morgan fingerprint density at radius 1 is 0.962 bits per heavy atom. The summed E-state index contributed by atoms with van der Waals surface area (Å²) in [4.78, 5) is 4.10. The van der Waals surface area contributed by atoms with E-state index >= 15 is 0 Å². The number of hydrogen-bond donors (Lipinski definition) is 1. The van der Waals surface area contributed by atoms with E-state index in [9.17, 15) is 8.42 Å². The van der Waals surface area contributed by atoms with Crippen LogP contribution < -0.4 is 9.46 Å². The molecular formula is C19H17ClN2O3S. The molecule has 0 aliphatic heterocycles. The Kier molecular flexibility index (Phi) is 5.15. The van der Waals surface area contributed by atoms with E-state index in [2.05, 4.69) is 9.71 Å². The number of hydrogen-bond acceptors (Lipinski definition) is 4. The van der Waals surface area contributed by atoms with Gasteiger partial charge < -0.3 is 4.74 Å². The lowest BCUT2D eigenvalue weighted by Gasteiger charge is -2.11. The van der Waals surface area contributed by atoms with Gasteiger partial charge in [0.1, 0.15) is 11.5 Å². The first kappa shape index (κ1) is 18.2. The van der Waals surface area contributed by atoms with E-state index in [0.717, 1.165) is 11.1 Å². The Morgan fingerprint density at radius 2 is 1.69 bits per heavy atom. The molecule has 26 heavy (non-hydrogen) atoms. The fraction of sp³-hybridized carbons (Fsp3) is 0.105. The van der Waals surface area contributed by atoms with Gasteiger partial charge in [0.15, 0.2) is 0 Å². The fourth-order valence-electron chi connectivity index (χ4n) is 2.28. The van der Waals surface area contributed by atoms with Crippen molar-refractivity contribution in [3.63, 3.8) is 0 Å². The first-order valence-electron chi connectivity index (χ1n) is 7.82. The van der Waals surface area contributed by atoms with Crippen molar-refractivity contribution in [2.24, 2.45) is 0 Å². The first-order chi connectivity index (χ1) is 12.3. The summed E-state index contributed by atoms with van der Waals surface area (Å²) in [6.07, 6.45) is 3.27. The zero-order valence-corrected chi connectivity index (χ0v) is 15.8. The normalized spacial score (nSPS) is 11.2. The number of aryl methyl sites for hydroxylation is 2. The number of anilines is 1. The number of nitrogens with one attached hydrogen (secondary N) is 1. The summed E-state index contributed by atoms with van der Waals surface area (Å²) >= 11 is 6.21. The number of ether oxygens (including phenoxy) is 1. The summed E-state index contributed by atoms with van der Waals surface area (Å²) in [6, 6.07) is 13.2. The number of aromatic nitrogens is 1. The average molecular weight is 389 g/mol. The number of nitrogens with zero attached hydrogens (tertiary/aromatic N) is 1. The van der Waals surface area contributed by atoms with Crippen LogP contribution in [0.15, 0.2) is 65.8 Å². The molecular weight excluding hydrogens is 372 g/mol. The fourth-order valence-corrected chi connectivity index (χ4v) is 3.65. The van der Waals surface area contributed by atoms with E-state index in [4.69, 9.17) is 16.3 Å². The van der Waals surface area contributed by atoms with E-state index in [1.165, 1.54) is 18.2 Å². The molecule has 0 amide bonds. The molecule has 3 rings (SSSR count). The van der Waals surface area contributed by atoms with Gasteiger partial charge in [-0.15, -0.1) is 0 Å². The minimum atomic E-state index is -3.75. The molecule has 1 heterocycles. The zero-order valence-electron chi connectivity index (χ0n) is 14.2. The monoisotopic (exact) mass is 388 g/mol. The lowest BCUT2D eigenvalue weighted by atomic mass is 10.2. The molecule has 0 unspecified atom stereocenters. The Hall–Kier alpha value is -2.57. The van der Waals surface area contributed by atoms with Crippen LogP contribution in [0.1, 0.15) is 11.1 Å². The third-order valence-corrected chi connectivity index (χ3v) is 5.27. The van der Waals surface area contributed by atoms with Gasteiger partial charge in [0.05, 0.1) is 16.1 Å². The summed E-state index contributed by atoms with van der Waals surface area (Å²) in [5, 5.41) is 0.193. The van der Waals surface area contributed by atoms with Crippen LogP contribution in [0.4, 0.5) is 5.69 Å². The molecule has 134 valence electrons. The molecule has 2 aromatic carbocycles. The standard InChI is InChI=1S/C19H17ClN2O3S/c1-13-3-5-15(6-4-13)22-26(23,24)17-7-8-19(18(20)10-17)25-16-9-14(2)11-21-12-16/h3-12,22H,1-2H3. The summed E-state index contributed by atoms with van der Waals surface area (Å²) in [5.74, 6) is 0.883. The largest absolute Gasteiger partial charge is 0.454 e. The molecule has 0 aliphatic carbocycles. The Balaban J connectivity index is 1.82. The molecule has 5 nitrogen and oxygen atoms in total. The van der Waals surface area contributed by atoms with Gasteiger partial charge >= 0.3 is 0 Å². The quantitative estimate of drug-likeness (QED) is 0.671. The van der Waals surface area contributed by atoms with Gasteiger partial charge in [-0.1, -0.05) is 29.3 Å². The lowest BCUT2D eigenvalue weighted by molar-refractivity contribution is 0.479. The number of halogens is 1. The van der Waals surface area contributed by atoms with Crippen LogP contribution >= 0.6 is 11.6 Å². The number of benzene rings is 2. The van der Waals surface area contributed by atoms with Crippen molar-refractivity contribution >= 4 is 27.3 Å². The summed E-state index contributed by atoms with van der Waals surface area (Å²) < 4.78 is 33.3. The van der Waals surface area contributed by atoms with Gasteiger partial charge in [0.2, 0.25) is 0 Å². The maximum atomic E-state index is 12.5. The Morgan fingerprint density at radius 3 is 2.35 bits per heavy atom. The van der Waals surface area contributed by atoms with Crippen LogP contribution in [0.25, 0.3) is 0 Å². The second-order valence-corrected chi connectivity index (χ2v) is 7.95. The zero-order chi connectivity index (χ0) is 18.7. The molecule has 0 atom stereocenters. The second kappa shape index (κ2) is 7.35. The van der Waals surface area contributed by atoms with Crippen LogP contribution in [0.5, 0.6) is 11.5 Å². The predicted molar refractivity (Wildman–Crippen MR) is 102 cm³/mol. The summed E-state index contributed by atoms with van der Waals surface area (Å²) in [7, 11) is -3.75. The lowest BCUT2D eigenvalue weighted by Crippen LogP contribution is -2.12. The Bertz CT molecular complexity index is 1030. The van der Waals surface area contributed by atoms with Gasteiger partial charge in [-0.3, -0.25) is 9.71 Å². The topological polar surface area (TPSA) is 68.3 Å². The van der Waals surface area contributed by atoms with E-state index in [0.29, 0.717) is 17.2 Å². The van der Waals surface area contributed by atoms with Crippen LogP contribution in [-0.4, -0.2) is 13.4 Å². The van der Waals surface area contributed by atoms with Gasteiger partial charge in [0, 0.05) is 11.9 Å². The first-order valence-corrected chi connectivity index (χ1v) is 9.68. The van der Waals surface area contributed by atoms with Crippen molar-refractivity contribution in [3.8, 4) is 11.5 Å². The van der Waals surface area contributed by atoms with Crippen LogP contribution in [0.2, 0.25) is 5.02 Å². The van der Waals surface area contributed by atoms with Crippen molar-refractivity contribution in [1.29, 1.82) is 0 Å². The molecule has 0 saturated heterocycles. The number of pyridine rings is 1. The average Bonchev–Trinajstić information content (AvgIpc) is 2.58. The highest BCUT2D eigenvalue weighted by atomic mass is 35.5. The van der Waals surface area contributed by atoms with E-state index in [1.807, 2.05) is 32.0 Å². The predicted octanol–water partition coefficient (Wildman–Crippen LogP) is 4.94. The highest BCUT2D eigenvalue weighted by molar-refractivity contribution is 7.92.